The van der Waals surface area contributed by atoms with E-state index in [0.29, 0.717) is 0 Å². The number of fused-ring (bicyclic) bond motifs is 1. The van der Waals surface area contributed by atoms with E-state index in [1.807, 2.05) is 31.2 Å². The molecular weight excluding hydrogens is 330 g/mol. The quantitative estimate of drug-likeness (QED) is 0.442. The predicted octanol–water partition coefficient (Wildman–Crippen LogP) is 7.40. The molecule has 0 amide bonds. The van der Waals surface area contributed by atoms with Gasteiger partial charge in [-0.15, -0.1) is 0 Å². The van der Waals surface area contributed by atoms with Gasteiger partial charge < -0.3 is 0 Å². The van der Waals surface area contributed by atoms with Crippen molar-refractivity contribution >= 4 is 17.2 Å². The first-order chi connectivity index (χ1) is 12.9. The van der Waals surface area contributed by atoms with Crippen molar-refractivity contribution in [2.24, 2.45) is 10.9 Å². The topological polar surface area (TPSA) is 29.4 Å². The van der Waals surface area contributed by atoms with Gasteiger partial charge in [-0.25, -0.2) is 0 Å². The van der Waals surface area contributed by atoms with E-state index < -0.39 is 0 Å². The van der Waals surface area contributed by atoms with Crippen LogP contribution in [0.3, 0.4) is 0 Å². The van der Waals surface area contributed by atoms with Gasteiger partial charge in [0, 0.05) is 11.3 Å². The number of hydrogen-bond donors (Lipinski definition) is 0. The molecule has 0 aliphatic carbocycles. The van der Waals surface area contributed by atoms with E-state index in [9.17, 15) is 4.79 Å². The number of benzene rings is 1. The van der Waals surface area contributed by atoms with Crippen molar-refractivity contribution in [3.05, 3.63) is 64.8 Å². The average molecular weight is 364 g/mol. The first-order valence-corrected chi connectivity index (χ1v) is 10.0. The Balaban J connectivity index is 1.87. The van der Waals surface area contributed by atoms with Gasteiger partial charge in [0.15, 0.2) is 5.78 Å². The van der Waals surface area contributed by atoms with Gasteiger partial charge in [0.2, 0.25) is 0 Å². The molecule has 1 unspecified atom stereocenters. The fourth-order valence-electron chi connectivity index (χ4n) is 3.36. The SMILES string of the molecule is CC(C)=CCC/C(C)=C/CC/C(C)=C/CC1C(=O)c2ccccc2N=C1C. The summed E-state index contributed by atoms with van der Waals surface area (Å²) in [5.41, 5.74) is 6.70. The summed E-state index contributed by atoms with van der Waals surface area (Å²) in [6, 6.07) is 7.65. The number of ketones is 1. The summed E-state index contributed by atoms with van der Waals surface area (Å²) < 4.78 is 0. The largest absolute Gasteiger partial charge is 0.293 e. The molecule has 0 N–H and O–H groups in total. The number of nitrogens with zero attached hydrogens (tertiary/aromatic N) is 1. The Kier molecular flexibility index (Phi) is 7.97. The molecule has 2 nitrogen and oxygen atoms in total. The second kappa shape index (κ2) is 10.2. The van der Waals surface area contributed by atoms with E-state index in [0.717, 1.165) is 49.1 Å². The molecule has 1 aliphatic heterocycles. The zero-order valence-electron chi connectivity index (χ0n) is 17.5. The maximum Gasteiger partial charge on any atom is 0.174 e. The zero-order valence-corrected chi connectivity index (χ0v) is 17.5. The molecule has 27 heavy (non-hydrogen) atoms. The molecule has 2 rings (SSSR count). The van der Waals surface area contributed by atoms with E-state index in [4.69, 9.17) is 0 Å². The second-order valence-corrected chi connectivity index (χ2v) is 7.88. The minimum absolute atomic E-state index is 0.115. The molecule has 1 atom stereocenters. The zero-order chi connectivity index (χ0) is 19.8. The number of hydrogen-bond acceptors (Lipinski definition) is 2. The van der Waals surface area contributed by atoms with Crippen LogP contribution in [0.4, 0.5) is 5.69 Å². The van der Waals surface area contributed by atoms with Crippen molar-refractivity contribution < 1.29 is 4.79 Å². The number of aliphatic imine (C=N–C) groups is 1. The maximum atomic E-state index is 12.8. The van der Waals surface area contributed by atoms with Crippen molar-refractivity contribution in [3.63, 3.8) is 0 Å². The molecule has 144 valence electrons. The van der Waals surface area contributed by atoms with Crippen molar-refractivity contribution in [1.29, 1.82) is 0 Å². The highest BCUT2D eigenvalue weighted by molar-refractivity contribution is 6.17. The summed E-state index contributed by atoms with van der Waals surface area (Å²) in [6.07, 6.45) is 12.0. The van der Waals surface area contributed by atoms with Crippen LogP contribution in [0, 0.1) is 5.92 Å². The lowest BCUT2D eigenvalue weighted by Gasteiger charge is -2.20. The molecule has 1 aromatic rings. The first-order valence-electron chi connectivity index (χ1n) is 10.0. The minimum atomic E-state index is -0.115. The summed E-state index contributed by atoms with van der Waals surface area (Å²) in [6.45, 7) is 10.7. The highest BCUT2D eigenvalue weighted by atomic mass is 16.1. The van der Waals surface area contributed by atoms with Crippen LogP contribution in [0.5, 0.6) is 0 Å². The lowest BCUT2D eigenvalue weighted by atomic mass is 9.87. The van der Waals surface area contributed by atoms with Crippen molar-refractivity contribution in [1.82, 2.24) is 0 Å². The molecule has 0 fully saturated rings. The van der Waals surface area contributed by atoms with Crippen LogP contribution in [-0.2, 0) is 0 Å². The summed E-state index contributed by atoms with van der Waals surface area (Å²) in [4.78, 5) is 17.4. The molecule has 0 saturated carbocycles. The molecule has 2 heteroatoms. The van der Waals surface area contributed by atoms with Crippen LogP contribution in [0.1, 0.15) is 77.1 Å². The lowest BCUT2D eigenvalue weighted by Crippen LogP contribution is -2.25. The van der Waals surface area contributed by atoms with Gasteiger partial charge in [-0.2, -0.15) is 0 Å². The molecule has 1 aliphatic rings. The molecule has 0 bridgehead atoms. The van der Waals surface area contributed by atoms with Gasteiger partial charge in [-0.05, 0) is 78.9 Å². The summed E-state index contributed by atoms with van der Waals surface area (Å²) in [7, 11) is 0. The van der Waals surface area contributed by atoms with Gasteiger partial charge in [0.1, 0.15) is 0 Å². The van der Waals surface area contributed by atoms with Crippen molar-refractivity contribution in [2.75, 3.05) is 0 Å². The third-order valence-corrected chi connectivity index (χ3v) is 5.11. The van der Waals surface area contributed by atoms with E-state index in [2.05, 4.69) is 50.9 Å². The number of para-hydroxylation sites is 1. The third-order valence-electron chi connectivity index (χ3n) is 5.11. The summed E-state index contributed by atoms with van der Waals surface area (Å²) >= 11 is 0. The van der Waals surface area contributed by atoms with Gasteiger partial charge in [0.05, 0.1) is 11.6 Å². The highest BCUT2D eigenvalue weighted by Crippen LogP contribution is 2.30. The Hall–Kier alpha value is -2.22. The monoisotopic (exact) mass is 363 g/mol. The molecule has 0 radical (unpaired) electrons. The Morgan fingerprint density at radius 2 is 1.59 bits per heavy atom. The molecule has 1 heterocycles. The fraction of sp³-hybridized carbons (Fsp3) is 0.440. The van der Waals surface area contributed by atoms with Crippen LogP contribution >= 0.6 is 0 Å². The molecule has 0 aromatic heterocycles. The Labute approximate surface area is 164 Å². The average Bonchev–Trinajstić information content (AvgIpc) is 2.61. The van der Waals surface area contributed by atoms with Gasteiger partial charge in [0.25, 0.3) is 0 Å². The van der Waals surface area contributed by atoms with E-state index >= 15 is 0 Å². The van der Waals surface area contributed by atoms with Gasteiger partial charge in [-0.3, -0.25) is 9.79 Å². The number of Topliss-reactive ketones (excluding diaryl/α,β-unsaturated/α-hetero) is 1. The molecular formula is C25H33NO. The number of carbonyl (C=O) groups is 1. The van der Waals surface area contributed by atoms with Crippen LogP contribution in [0.25, 0.3) is 0 Å². The molecule has 0 saturated heterocycles. The second-order valence-electron chi connectivity index (χ2n) is 7.88. The molecule has 0 spiro atoms. The van der Waals surface area contributed by atoms with Gasteiger partial charge >= 0.3 is 0 Å². The van der Waals surface area contributed by atoms with Crippen LogP contribution in [0.15, 0.2) is 64.2 Å². The highest BCUT2D eigenvalue weighted by Gasteiger charge is 2.27. The van der Waals surface area contributed by atoms with Crippen molar-refractivity contribution in [3.8, 4) is 0 Å². The number of rotatable bonds is 8. The smallest absolute Gasteiger partial charge is 0.174 e. The van der Waals surface area contributed by atoms with Crippen LogP contribution in [0.2, 0.25) is 0 Å². The Morgan fingerprint density at radius 1 is 0.963 bits per heavy atom. The normalized spacial score (nSPS) is 17.4. The molecule has 1 aromatic carbocycles. The third kappa shape index (κ3) is 6.46. The predicted molar refractivity (Wildman–Crippen MR) is 117 cm³/mol. The first kappa shape index (κ1) is 21.1. The van der Waals surface area contributed by atoms with Crippen LogP contribution < -0.4 is 0 Å². The maximum absolute atomic E-state index is 12.8. The fourth-order valence-corrected chi connectivity index (χ4v) is 3.36. The van der Waals surface area contributed by atoms with Crippen LogP contribution in [-0.4, -0.2) is 11.5 Å². The standard InChI is InChI=1S/C25H33NO/c1-18(2)10-8-11-19(3)12-9-13-20(4)16-17-22-21(5)26-24-15-7-6-14-23(24)25(22)27/h6-7,10,12,14-16,22H,8-9,11,13,17H2,1-5H3/b19-12+,20-16+. The van der Waals surface area contributed by atoms with E-state index in [-0.39, 0.29) is 11.7 Å². The minimum Gasteiger partial charge on any atom is -0.293 e. The van der Waals surface area contributed by atoms with E-state index in [1.165, 1.54) is 16.7 Å². The Bertz CT molecular complexity index is 788. The summed E-state index contributed by atoms with van der Waals surface area (Å²) in [5.74, 6) is 0.0911. The number of allylic oxidation sites excluding steroid dienone is 6. The number of carbonyl (C=O) groups excluding carboxylic acids is 1. The van der Waals surface area contributed by atoms with Gasteiger partial charge in [-0.1, -0.05) is 47.1 Å². The Morgan fingerprint density at radius 3 is 2.30 bits per heavy atom. The lowest BCUT2D eigenvalue weighted by molar-refractivity contribution is 0.0953. The summed E-state index contributed by atoms with van der Waals surface area (Å²) in [5, 5.41) is 0. The van der Waals surface area contributed by atoms with E-state index in [1.54, 1.807) is 0 Å². The van der Waals surface area contributed by atoms with Crippen molar-refractivity contribution in [2.45, 2.75) is 66.7 Å².